The van der Waals surface area contributed by atoms with E-state index in [-0.39, 0.29) is 24.9 Å². The van der Waals surface area contributed by atoms with Crippen molar-refractivity contribution in [1.82, 2.24) is 4.90 Å². The van der Waals surface area contributed by atoms with Gasteiger partial charge in [0.15, 0.2) is 0 Å². The average molecular weight is 350 g/mol. The van der Waals surface area contributed by atoms with E-state index >= 15 is 0 Å². The van der Waals surface area contributed by atoms with Crippen LogP contribution in [0.5, 0.6) is 0 Å². The molecule has 0 aliphatic rings. The molecule has 2 rings (SSSR count). The number of likely N-dealkylation sites (N-methyl/N-ethyl adjacent to an activating group) is 1. The number of nitrogens with zero attached hydrogens (tertiary/aromatic N) is 2. The quantitative estimate of drug-likeness (QED) is 0.839. The lowest BCUT2D eigenvalue weighted by Gasteiger charge is -2.17. The van der Waals surface area contributed by atoms with Gasteiger partial charge >= 0.3 is 0 Å². The van der Waals surface area contributed by atoms with Gasteiger partial charge in [-0.2, -0.15) is 5.26 Å². The summed E-state index contributed by atoms with van der Waals surface area (Å²) in [5.41, 5.74) is 3.95. The summed E-state index contributed by atoms with van der Waals surface area (Å²) in [6.07, 6.45) is 0. The monoisotopic (exact) mass is 350 g/mol. The molecule has 0 unspecified atom stereocenters. The molecule has 134 valence electrons. The molecule has 0 atom stereocenters. The van der Waals surface area contributed by atoms with Crippen molar-refractivity contribution in [2.75, 3.05) is 30.8 Å². The predicted octanol–water partition coefficient (Wildman–Crippen LogP) is 2.68. The van der Waals surface area contributed by atoms with Crippen LogP contribution in [-0.4, -0.2) is 36.9 Å². The number of amides is 2. The Labute approximate surface area is 153 Å². The Kier molecular flexibility index (Phi) is 6.48. The highest BCUT2D eigenvalue weighted by Gasteiger charge is 2.12. The minimum absolute atomic E-state index is 0.0665. The molecular weight excluding hydrogens is 328 g/mol. The van der Waals surface area contributed by atoms with Gasteiger partial charge in [0.05, 0.1) is 24.7 Å². The first-order chi connectivity index (χ1) is 12.4. The summed E-state index contributed by atoms with van der Waals surface area (Å²) in [6.45, 7) is 4.11. The van der Waals surface area contributed by atoms with E-state index in [1.54, 1.807) is 36.2 Å². The lowest BCUT2D eigenvalue weighted by Crippen LogP contribution is -2.36. The summed E-state index contributed by atoms with van der Waals surface area (Å²) < 4.78 is 0. The number of carbonyl (C=O) groups is 2. The first kappa shape index (κ1) is 19.2. The molecule has 0 radical (unpaired) electrons. The van der Waals surface area contributed by atoms with Gasteiger partial charge in [-0.25, -0.2) is 0 Å². The summed E-state index contributed by atoms with van der Waals surface area (Å²) >= 11 is 0. The number of nitriles is 1. The van der Waals surface area contributed by atoms with Gasteiger partial charge in [-0.1, -0.05) is 18.2 Å². The van der Waals surface area contributed by atoms with Crippen molar-refractivity contribution in [3.8, 4) is 6.07 Å². The Morgan fingerprint density at radius 2 is 1.69 bits per heavy atom. The molecule has 2 N–H and O–H groups in total. The summed E-state index contributed by atoms with van der Waals surface area (Å²) in [6, 6.07) is 14.4. The predicted molar refractivity (Wildman–Crippen MR) is 102 cm³/mol. The maximum absolute atomic E-state index is 12.2. The number of rotatable bonds is 6. The fourth-order valence-corrected chi connectivity index (χ4v) is 2.49. The van der Waals surface area contributed by atoms with Gasteiger partial charge in [0.1, 0.15) is 0 Å². The molecular formula is C20H22N4O2. The molecule has 0 spiro atoms. The van der Waals surface area contributed by atoms with Crippen LogP contribution in [0.15, 0.2) is 42.5 Å². The van der Waals surface area contributed by atoms with Crippen LogP contribution in [0.1, 0.15) is 16.7 Å². The molecule has 0 saturated heterocycles. The van der Waals surface area contributed by atoms with Crippen LogP contribution in [0.2, 0.25) is 0 Å². The second kappa shape index (κ2) is 8.79. The molecule has 2 amide bonds. The molecule has 2 aromatic carbocycles. The highest BCUT2D eigenvalue weighted by atomic mass is 16.2. The lowest BCUT2D eigenvalue weighted by molar-refractivity contribution is -0.119. The number of hydrogen-bond donors (Lipinski definition) is 2. The van der Waals surface area contributed by atoms with Gasteiger partial charge in [-0.15, -0.1) is 0 Å². The fraction of sp³-hybridized carbons (Fsp3) is 0.250. The molecule has 6 nitrogen and oxygen atoms in total. The molecule has 0 heterocycles. The first-order valence-electron chi connectivity index (χ1n) is 8.23. The number of anilines is 2. The normalized spacial score (nSPS) is 10.3. The Balaban J connectivity index is 1.86. The van der Waals surface area contributed by atoms with Crippen LogP contribution in [0.3, 0.4) is 0 Å². The van der Waals surface area contributed by atoms with Crippen LogP contribution in [0.25, 0.3) is 0 Å². The summed E-state index contributed by atoms with van der Waals surface area (Å²) in [5.74, 6) is -0.428. The topological polar surface area (TPSA) is 85.2 Å². The number of aryl methyl sites for hydroxylation is 1. The van der Waals surface area contributed by atoms with Crippen molar-refractivity contribution >= 4 is 23.2 Å². The number of benzene rings is 2. The Hall–Kier alpha value is -3.17. The van der Waals surface area contributed by atoms with Crippen LogP contribution < -0.4 is 10.6 Å². The van der Waals surface area contributed by atoms with E-state index in [1.165, 1.54) is 0 Å². The molecule has 2 aromatic rings. The van der Waals surface area contributed by atoms with Crippen LogP contribution >= 0.6 is 0 Å². The Bertz CT molecular complexity index is 855. The SMILES string of the molecule is Cc1cccc(NC(=O)CN(C)CC(=O)Nc2cccc(C#N)c2)c1C. The standard InChI is InChI=1S/C20H22N4O2/c1-14-6-4-9-18(15(14)2)23-20(26)13-24(3)12-19(25)22-17-8-5-7-16(10-17)11-21/h4-10H,12-13H2,1-3H3,(H,22,25)(H,23,26). The average Bonchev–Trinajstić information content (AvgIpc) is 2.58. The smallest absolute Gasteiger partial charge is 0.238 e. The number of carbonyl (C=O) groups excluding carboxylic acids is 2. The second-order valence-corrected chi connectivity index (χ2v) is 6.21. The fourth-order valence-electron chi connectivity index (χ4n) is 2.49. The molecule has 6 heteroatoms. The highest BCUT2D eigenvalue weighted by Crippen LogP contribution is 2.17. The van der Waals surface area contributed by atoms with Crippen molar-refractivity contribution in [3.05, 3.63) is 59.2 Å². The summed E-state index contributed by atoms with van der Waals surface area (Å²) in [7, 11) is 1.70. The van der Waals surface area contributed by atoms with Crippen molar-refractivity contribution < 1.29 is 9.59 Å². The van der Waals surface area contributed by atoms with Crippen LogP contribution in [0, 0.1) is 25.2 Å². The van der Waals surface area contributed by atoms with E-state index in [2.05, 4.69) is 10.6 Å². The van der Waals surface area contributed by atoms with E-state index in [0.29, 0.717) is 11.3 Å². The number of nitrogens with one attached hydrogen (secondary N) is 2. The van der Waals surface area contributed by atoms with E-state index in [0.717, 1.165) is 16.8 Å². The third kappa shape index (κ3) is 5.43. The van der Waals surface area contributed by atoms with E-state index in [4.69, 9.17) is 5.26 Å². The van der Waals surface area contributed by atoms with Crippen molar-refractivity contribution in [1.29, 1.82) is 5.26 Å². The molecule has 0 saturated carbocycles. The maximum Gasteiger partial charge on any atom is 0.238 e. The van der Waals surface area contributed by atoms with Gasteiger partial charge in [-0.3, -0.25) is 14.5 Å². The van der Waals surface area contributed by atoms with Gasteiger partial charge in [0.2, 0.25) is 11.8 Å². The summed E-state index contributed by atoms with van der Waals surface area (Å²) in [5, 5.41) is 14.5. The van der Waals surface area contributed by atoms with Gasteiger partial charge < -0.3 is 10.6 Å². The third-order valence-corrected chi connectivity index (χ3v) is 3.98. The van der Waals surface area contributed by atoms with Crippen molar-refractivity contribution in [2.45, 2.75) is 13.8 Å². The first-order valence-corrected chi connectivity index (χ1v) is 8.23. The van der Waals surface area contributed by atoms with Gasteiger partial charge in [0.25, 0.3) is 0 Å². The zero-order chi connectivity index (χ0) is 19.1. The molecule has 26 heavy (non-hydrogen) atoms. The zero-order valence-corrected chi connectivity index (χ0v) is 15.2. The third-order valence-electron chi connectivity index (χ3n) is 3.98. The minimum Gasteiger partial charge on any atom is -0.325 e. The van der Waals surface area contributed by atoms with E-state index < -0.39 is 0 Å². The minimum atomic E-state index is -0.248. The molecule has 0 aliphatic heterocycles. The molecule has 0 fully saturated rings. The highest BCUT2D eigenvalue weighted by molar-refractivity contribution is 5.95. The molecule has 0 aromatic heterocycles. The number of hydrogen-bond acceptors (Lipinski definition) is 4. The van der Waals surface area contributed by atoms with Crippen molar-refractivity contribution in [2.24, 2.45) is 0 Å². The molecule has 0 bridgehead atoms. The van der Waals surface area contributed by atoms with Crippen molar-refractivity contribution in [3.63, 3.8) is 0 Å². The van der Waals surface area contributed by atoms with Crippen LogP contribution in [0.4, 0.5) is 11.4 Å². The van der Waals surface area contributed by atoms with E-state index in [1.807, 2.05) is 38.1 Å². The largest absolute Gasteiger partial charge is 0.325 e. The zero-order valence-electron chi connectivity index (χ0n) is 15.2. The molecule has 0 aliphatic carbocycles. The Morgan fingerprint density at radius 1 is 1.04 bits per heavy atom. The van der Waals surface area contributed by atoms with Crippen LogP contribution in [-0.2, 0) is 9.59 Å². The lowest BCUT2D eigenvalue weighted by atomic mass is 10.1. The van der Waals surface area contributed by atoms with Gasteiger partial charge in [-0.05, 0) is 56.3 Å². The second-order valence-electron chi connectivity index (χ2n) is 6.21. The summed E-state index contributed by atoms with van der Waals surface area (Å²) in [4.78, 5) is 25.9. The van der Waals surface area contributed by atoms with E-state index in [9.17, 15) is 9.59 Å². The Morgan fingerprint density at radius 3 is 2.38 bits per heavy atom. The van der Waals surface area contributed by atoms with Gasteiger partial charge in [0, 0.05) is 11.4 Å². The maximum atomic E-state index is 12.2.